The van der Waals surface area contributed by atoms with Gasteiger partial charge in [0, 0.05) is 32.5 Å². The number of anilines is 1. The van der Waals surface area contributed by atoms with Crippen molar-refractivity contribution in [3.8, 4) is 0 Å². The molecule has 0 radical (unpaired) electrons. The van der Waals surface area contributed by atoms with Gasteiger partial charge in [-0.25, -0.2) is 4.98 Å². The van der Waals surface area contributed by atoms with Crippen molar-refractivity contribution in [2.24, 2.45) is 5.92 Å². The molecule has 1 fully saturated rings. The Morgan fingerprint density at radius 2 is 2.17 bits per heavy atom. The van der Waals surface area contributed by atoms with E-state index in [1.807, 2.05) is 24.2 Å². The van der Waals surface area contributed by atoms with Gasteiger partial charge in [-0.2, -0.15) is 0 Å². The van der Waals surface area contributed by atoms with Crippen LogP contribution in [0.1, 0.15) is 35.3 Å². The van der Waals surface area contributed by atoms with Crippen molar-refractivity contribution in [1.82, 2.24) is 19.9 Å². The highest BCUT2D eigenvalue weighted by molar-refractivity contribution is 5.93. The second kappa shape index (κ2) is 7.86. The fourth-order valence-electron chi connectivity index (χ4n) is 3.13. The summed E-state index contributed by atoms with van der Waals surface area (Å²) >= 11 is 0. The van der Waals surface area contributed by atoms with Crippen LogP contribution in [-0.4, -0.2) is 45.9 Å². The highest BCUT2D eigenvalue weighted by Crippen LogP contribution is 2.22. The van der Waals surface area contributed by atoms with E-state index < -0.39 is 0 Å². The zero-order valence-corrected chi connectivity index (χ0v) is 14.0. The molecule has 1 saturated heterocycles. The van der Waals surface area contributed by atoms with Crippen LogP contribution in [0.25, 0.3) is 0 Å². The van der Waals surface area contributed by atoms with Gasteiger partial charge in [-0.15, -0.1) is 0 Å². The zero-order chi connectivity index (χ0) is 16.8. The van der Waals surface area contributed by atoms with Crippen LogP contribution in [0.5, 0.6) is 0 Å². The van der Waals surface area contributed by atoms with E-state index in [1.165, 1.54) is 0 Å². The maximum Gasteiger partial charge on any atom is 0.255 e. The summed E-state index contributed by atoms with van der Waals surface area (Å²) in [5.74, 6) is 1.42. The molecular weight excluding hydrogens is 302 g/mol. The Bertz CT molecular complexity index is 659. The Labute approximate surface area is 142 Å². The molecule has 6 heteroatoms. The first-order valence-corrected chi connectivity index (χ1v) is 8.44. The van der Waals surface area contributed by atoms with E-state index in [0.717, 1.165) is 50.3 Å². The quantitative estimate of drug-likeness (QED) is 0.934. The topological polar surface area (TPSA) is 71.0 Å². The highest BCUT2D eigenvalue weighted by atomic mass is 16.2. The number of carbonyl (C=O) groups is 1. The van der Waals surface area contributed by atoms with Crippen molar-refractivity contribution in [3.63, 3.8) is 0 Å². The Hall–Kier alpha value is -2.50. The number of carbonyl (C=O) groups excluding carboxylic acids is 1. The normalized spacial score (nSPS) is 18.0. The van der Waals surface area contributed by atoms with Gasteiger partial charge < -0.3 is 10.2 Å². The van der Waals surface area contributed by atoms with Crippen LogP contribution >= 0.6 is 0 Å². The Kier molecular flexibility index (Phi) is 5.36. The molecule has 1 aliphatic heterocycles. The minimum absolute atomic E-state index is 0.0851. The van der Waals surface area contributed by atoms with E-state index in [0.29, 0.717) is 11.5 Å². The molecule has 1 amide bonds. The van der Waals surface area contributed by atoms with Crippen molar-refractivity contribution in [2.75, 3.05) is 25.5 Å². The van der Waals surface area contributed by atoms with Gasteiger partial charge in [-0.3, -0.25) is 14.8 Å². The Balaban J connectivity index is 1.57. The molecule has 0 bridgehead atoms. The number of likely N-dealkylation sites (tertiary alicyclic amines) is 1. The van der Waals surface area contributed by atoms with E-state index >= 15 is 0 Å². The molecule has 0 saturated carbocycles. The largest absolute Gasteiger partial charge is 0.372 e. The molecule has 1 atom stereocenters. The van der Waals surface area contributed by atoms with Gasteiger partial charge in [0.2, 0.25) is 0 Å². The fourth-order valence-corrected chi connectivity index (χ4v) is 3.13. The van der Waals surface area contributed by atoms with Crippen molar-refractivity contribution < 1.29 is 4.79 Å². The number of amides is 1. The highest BCUT2D eigenvalue weighted by Gasteiger charge is 2.22. The predicted molar refractivity (Wildman–Crippen MR) is 92.8 cm³/mol. The molecule has 0 aromatic carbocycles. The van der Waals surface area contributed by atoms with Crippen LogP contribution in [0.4, 0.5) is 5.82 Å². The molecule has 0 unspecified atom stereocenters. The van der Waals surface area contributed by atoms with Gasteiger partial charge in [0.05, 0.1) is 23.7 Å². The lowest BCUT2D eigenvalue weighted by atomic mass is 9.95. The van der Waals surface area contributed by atoms with Crippen LogP contribution in [-0.2, 0) is 6.42 Å². The first kappa shape index (κ1) is 16.4. The van der Waals surface area contributed by atoms with Crippen molar-refractivity contribution in [2.45, 2.75) is 25.7 Å². The molecule has 0 aliphatic carbocycles. The molecule has 0 spiro atoms. The van der Waals surface area contributed by atoms with Gasteiger partial charge in [0.1, 0.15) is 5.82 Å². The number of hydrogen-bond acceptors (Lipinski definition) is 5. The van der Waals surface area contributed by atoms with Crippen molar-refractivity contribution in [1.29, 1.82) is 0 Å². The van der Waals surface area contributed by atoms with Gasteiger partial charge in [0.15, 0.2) is 0 Å². The molecule has 2 aromatic rings. The number of rotatable bonds is 4. The third-order valence-electron chi connectivity index (χ3n) is 4.50. The molecule has 126 valence electrons. The van der Waals surface area contributed by atoms with E-state index in [9.17, 15) is 4.79 Å². The minimum Gasteiger partial charge on any atom is -0.372 e. The third kappa shape index (κ3) is 4.07. The van der Waals surface area contributed by atoms with E-state index in [1.54, 1.807) is 24.7 Å². The van der Waals surface area contributed by atoms with Crippen LogP contribution < -0.4 is 5.32 Å². The van der Waals surface area contributed by atoms with Gasteiger partial charge >= 0.3 is 0 Å². The molecule has 1 aliphatic rings. The first-order valence-electron chi connectivity index (χ1n) is 8.44. The monoisotopic (exact) mass is 325 g/mol. The number of nitrogens with one attached hydrogen (secondary N) is 1. The smallest absolute Gasteiger partial charge is 0.255 e. The van der Waals surface area contributed by atoms with Crippen LogP contribution in [0.2, 0.25) is 0 Å². The Morgan fingerprint density at radius 3 is 2.88 bits per heavy atom. The maximum atomic E-state index is 12.5. The SMILES string of the molecule is CNc1cnc(C[C@H]2CCCN(C(=O)c3cccnc3)CC2)cn1. The van der Waals surface area contributed by atoms with E-state index in [4.69, 9.17) is 0 Å². The average molecular weight is 325 g/mol. The summed E-state index contributed by atoms with van der Waals surface area (Å²) in [6, 6.07) is 3.64. The predicted octanol–water partition coefficient (Wildman–Crippen LogP) is 2.40. The number of aromatic nitrogens is 3. The minimum atomic E-state index is 0.0851. The van der Waals surface area contributed by atoms with Crippen LogP contribution in [0.3, 0.4) is 0 Å². The summed E-state index contributed by atoms with van der Waals surface area (Å²) in [7, 11) is 1.84. The molecule has 24 heavy (non-hydrogen) atoms. The van der Waals surface area contributed by atoms with E-state index in [-0.39, 0.29) is 5.91 Å². The molecule has 2 aromatic heterocycles. The Morgan fingerprint density at radius 1 is 1.25 bits per heavy atom. The second-order valence-corrected chi connectivity index (χ2v) is 6.18. The van der Waals surface area contributed by atoms with Crippen LogP contribution in [0, 0.1) is 5.92 Å². The lowest BCUT2D eigenvalue weighted by Crippen LogP contribution is -2.32. The number of hydrogen-bond donors (Lipinski definition) is 1. The van der Waals surface area contributed by atoms with Gasteiger partial charge in [-0.1, -0.05) is 0 Å². The first-order chi connectivity index (χ1) is 11.8. The van der Waals surface area contributed by atoms with Crippen molar-refractivity contribution in [3.05, 3.63) is 48.2 Å². The molecular formula is C18H23N5O. The summed E-state index contributed by atoms with van der Waals surface area (Å²) in [5, 5.41) is 2.98. The molecule has 1 N–H and O–H groups in total. The summed E-state index contributed by atoms with van der Waals surface area (Å²) in [5.41, 5.74) is 1.69. The lowest BCUT2D eigenvalue weighted by molar-refractivity contribution is 0.0759. The maximum absolute atomic E-state index is 12.5. The van der Waals surface area contributed by atoms with Gasteiger partial charge in [-0.05, 0) is 43.7 Å². The number of nitrogens with zero attached hydrogens (tertiary/aromatic N) is 4. The summed E-state index contributed by atoms with van der Waals surface area (Å²) in [6.45, 7) is 1.61. The second-order valence-electron chi connectivity index (χ2n) is 6.18. The third-order valence-corrected chi connectivity index (χ3v) is 4.50. The molecule has 3 heterocycles. The summed E-state index contributed by atoms with van der Waals surface area (Å²) < 4.78 is 0. The fraction of sp³-hybridized carbons (Fsp3) is 0.444. The molecule has 6 nitrogen and oxygen atoms in total. The van der Waals surface area contributed by atoms with Crippen LogP contribution in [0.15, 0.2) is 36.9 Å². The van der Waals surface area contributed by atoms with E-state index in [2.05, 4.69) is 20.3 Å². The number of pyridine rings is 1. The summed E-state index contributed by atoms with van der Waals surface area (Å²) in [4.78, 5) is 27.3. The summed E-state index contributed by atoms with van der Waals surface area (Å²) in [6.07, 6.45) is 11.0. The average Bonchev–Trinajstić information content (AvgIpc) is 2.88. The van der Waals surface area contributed by atoms with Crippen molar-refractivity contribution >= 4 is 11.7 Å². The standard InChI is InChI=1S/C18H23N5O/c1-19-17-13-21-16(12-22-17)10-14-4-3-8-23(9-6-14)18(24)15-5-2-7-20-11-15/h2,5,7,11-14H,3-4,6,8-10H2,1H3,(H,19,22)/t14-/m0/s1. The van der Waals surface area contributed by atoms with Gasteiger partial charge in [0.25, 0.3) is 5.91 Å². The lowest BCUT2D eigenvalue weighted by Gasteiger charge is -2.20. The molecule has 3 rings (SSSR count). The zero-order valence-electron chi connectivity index (χ0n) is 14.0.